The van der Waals surface area contributed by atoms with E-state index in [9.17, 15) is 4.79 Å². The Morgan fingerprint density at radius 2 is 1.80 bits per heavy atom. The molecule has 0 saturated carbocycles. The van der Waals surface area contributed by atoms with Crippen molar-refractivity contribution in [1.82, 2.24) is 0 Å². The summed E-state index contributed by atoms with van der Waals surface area (Å²) in [4.78, 5) is 12.9. The first-order valence-corrected chi connectivity index (χ1v) is 7.60. The van der Waals surface area contributed by atoms with E-state index >= 15 is 0 Å². The molecular weight excluding hydrogens is 363 g/mol. The van der Waals surface area contributed by atoms with Crippen molar-refractivity contribution in [3.63, 3.8) is 0 Å². The van der Waals surface area contributed by atoms with Crippen LogP contribution in [0.25, 0.3) is 11.0 Å². The minimum Gasteiger partial charge on any atom is -0.460 e. The molecule has 100 valence electrons. The van der Waals surface area contributed by atoms with Gasteiger partial charge >= 0.3 is 0 Å². The van der Waals surface area contributed by atoms with Crippen molar-refractivity contribution < 1.29 is 9.21 Å². The van der Waals surface area contributed by atoms with E-state index in [1.807, 2.05) is 55.5 Å². The van der Waals surface area contributed by atoms with Crippen molar-refractivity contribution in [1.29, 1.82) is 0 Å². The van der Waals surface area contributed by atoms with Gasteiger partial charge in [-0.25, -0.2) is 0 Å². The number of carbonyl (C=O) groups excluding carboxylic acids is 1. The molecule has 0 atom stereocenters. The van der Waals surface area contributed by atoms with E-state index in [4.69, 9.17) is 4.42 Å². The standard InChI is InChI=1S/C17H13IO2/c1-2-14-16(12-8-4-6-10-15(12)20-14)17(19)11-7-3-5-9-13(11)18/h3-10H,2H2,1H3. The Morgan fingerprint density at radius 1 is 1.10 bits per heavy atom. The summed E-state index contributed by atoms with van der Waals surface area (Å²) in [5, 5.41) is 0.897. The lowest BCUT2D eigenvalue weighted by Gasteiger charge is -2.03. The Bertz CT molecular complexity index is 787. The van der Waals surface area contributed by atoms with E-state index in [0.717, 1.165) is 25.9 Å². The lowest BCUT2D eigenvalue weighted by molar-refractivity contribution is 0.103. The van der Waals surface area contributed by atoms with Gasteiger partial charge < -0.3 is 4.42 Å². The summed E-state index contributed by atoms with van der Waals surface area (Å²) in [5.41, 5.74) is 2.21. The summed E-state index contributed by atoms with van der Waals surface area (Å²) in [6.45, 7) is 2.00. The second kappa shape index (κ2) is 5.40. The molecule has 2 nitrogen and oxygen atoms in total. The highest BCUT2D eigenvalue weighted by atomic mass is 127. The quantitative estimate of drug-likeness (QED) is 0.484. The van der Waals surface area contributed by atoms with Gasteiger partial charge in [0.05, 0.1) is 5.56 Å². The Morgan fingerprint density at radius 3 is 2.55 bits per heavy atom. The predicted molar refractivity (Wildman–Crippen MR) is 88.2 cm³/mol. The van der Waals surface area contributed by atoms with Crippen LogP contribution < -0.4 is 0 Å². The number of hydrogen-bond acceptors (Lipinski definition) is 2. The van der Waals surface area contributed by atoms with Crippen LogP contribution in [0.2, 0.25) is 0 Å². The summed E-state index contributed by atoms with van der Waals surface area (Å²) >= 11 is 2.20. The molecule has 1 aromatic heterocycles. The zero-order chi connectivity index (χ0) is 14.1. The van der Waals surface area contributed by atoms with Crippen molar-refractivity contribution >= 4 is 39.3 Å². The number of rotatable bonds is 3. The van der Waals surface area contributed by atoms with Crippen LogP contribution in [0.3, 0.4) is 0 Å². The molecule has 3 heteroatoms. The average molecular weight is 376 g/mol. The van der Waals surface area contributed by atoms with Crippen LogP contribution in [0.4, 0.5) is 0 Å². The van der Waals surface area contributed by atoms with Crippen LogP contribution >= 0.6 is 22.6 Å². The van der Waals surface area contributed by atoms with E-state index in [1.165, 1.54) is 0 Å². The number of aryl methyl sites for hydroxylation is 1. The molecule has 0 amide bonds. The second-order valence-electron chi connectivity index (χ2n) is 4.56. The van der Waals surface area contributed by atoms with Crippen LogP contribution in [-0.4, -0.2) is 5.78 Å². The first-order chi connectivity index (χ1) is 9.72. The van der Waals surface area contributed by atoms with Crippen molar-refractivity contribution in [2.75, 3.05) is 0 Å². The third kappa shape index (κ3) is 2.16. The van der Waals surface area contributed by atoms with Gasteiger partial charge in [-0.2, -0.15) is 0 Å². The molecule has 0 bridgehead atoms. The number of para-hydroxylation sites is 1. The molecule has 0 aliphatic carbocycles. The van der Waals surface area contributed by atoms with Crippen LogP contribution in [-0.2, 0) is 6.42 Å². The molecule has 0 radical (unpaired) electrons. The van der Waals surface area contributed by atoms with Gasteiger partial charge in [0.2, 0.25) is 0 Å². The Balaban J connectivity index is 2.24. The Kier molecular flexibility index (Phi) is 3.61. The van der Waals surface area contributed by atoms with Gasteiger partial charge in [-0.15, -0.1) is 0 Å². The summed E-state index contributed by atoms with van der Waals surface area (Å²) in [6, 6.07) is 15.3. The molecule has 3 aromatic rings. The Hall–Kier alpha value is -1.62. The lowest BCUT2D eigenvalue weighted by Crippen LogP contribution is -2.05. The first kappa shape index (κ1) is 13.4. The highest BCUT2D eigenvalue weighted by molar-refractivity contribution is 14.1. The smallest absolute Gasteiger partial charge is 0.198 e. The first-order valence-electron chi connectivity index (χ1n) is 6.52. The van der Waals surface area contributed by atoms with E-state index < -0.39 is 0 Å². The molecule has 0 spiro atoms. The van der Waals surface area contributed by atoms with Gasteiger partial charge in [-0.3, -0.25) is 4.79 Å². The van der Waals surface area contributed by atoms with Gasteiger partial charge in [0, 0.05) is 20.9 Å². The summed E-state index contributed by atoms with van der Waals surface area (Å²) in [6.07, 6.45) is 0.708. The van der Waals surface area contributed by atoms with Crippen LogP contribution in [0, 0.1) is 3.57 Å². The van der Waals surface area contributed by atoms with Gasteiger partial charge in [-0.1, -0.05) is 37.3 Å². The summed E-state index contributed by atoms with van der Waals surface area (Å²) < 4.78 is 6.77. The number of fused-ring (bicyclic) bond motifs is 1. The second-order valence-corrected chi connectivity index (χ2v) is 5.72. The van der Waals surface area contributed by atoms with Gasteiger partial charge in [0.1, 0.15) is 11.3 Å². The minimum atomic E-state index is 0.0387. The van der Waals surface area contributed by atoms with Gasteiger partial charge in [-0.05, 0) is 40.8 Å². The number of benzene rings is 2. The maximum atomic E-state index is 12.9. The third-order valence-corrected chi connectivity index (χ3v) is 4.28. The van der Waals surface area contributed by atoms with Crippen LogP contribution in [0.1, 0.15) is 28.6 Å². The fraction of sp³-hybridized carbons (Fsp3) is 0.118. The lowest BCUT2D eigenvalue weighted by atomic mass is 9.99. The van der Waals surface area contributed by atoms with E-state index in [0.29, 0.717) is 12.0 Å². The Labute approximate surface area is 130 Å². The maximum Gasteiger partial charge on any atom is 0.198 e. The minimum absolute atomic E-state index is 0.0387. The molecule has 0 aliphatic heterocycles. The van der Waals surface area contributed by atoms with E-state index in [1.54, 1.807) is 0 Å². The van der Waals surface area contributed by atoms with E-state index in [-0.39, 0.29) is 5.78 Å². The monoisotopic (exact) mass is 376 g/mol. The maximum absolute atomic E-state index is 12.9. The molecule has 1 heterocycles. The number of ketones is 1. The van der Waals surface area contributed by atoms with Crippen molar-refractivity contribution in [2.24, 2.45) is 0 Å². The zero-order valence-corrected chi connectivity index (χ0v) is 13.2. The highest BCUT2D eigenvalue weighted by Gasteiger charge is 2.21. The topological polar surface area (TPSA) is 30.2 Å². The normalized spacial score (nSPS) is 10.9. The molecule has 0 N–H and O–H groups in total. The van der Waals surface area contributed by atoms with Crippen molar-refractivity contribution in [3.8, 4) is 0 Å². The molecular formula is C17H13IO2. The number of furan rings is 1. The largest absolute Gasteiger partial charge is 0.460 e. The summed E-state index contributed by atoms with van der Waals surface area (Å²) in [7, 11) is 0. The highest BCUT2D eigenvalue weighted by Crippen LogP contribution is 2.29. The molecule has 2 aromatic carbocycles. The van der Waals surface area contributed by atoms with Crippen LogP contribution in [0.15, 0.2) is 52.9 Å². The molecule has 0 unspecified atom stereocenters. The third-order valence-electron chi connectivity index (χ3n) is 3.34. The molecule has 20 heavy (non-hydrogen) atoms. The van der Waals surface area contributed by atoms with Gasteiger partial charge in [0.15, 0.2) is 5.78 Å². The SMILES string of the molecule is CCc1oc2ccccc2c1C(=O)c1ccccc1I. The molecule has 0 saturated heterocycles. The average Bonchev–Trinajstić information content (AvgIpc) is 2.85. The fourth-order valence-corrected chi connectivity index (χ4v) is 3.01. The number of carbonyl (C=O) groups is 1. The van der Waals surface area contributed by atoms with Crippen molar-refractivity contribution in [3.05, 3.63) is 69.0 Å². The number of halogens is 1. The van der Waals surface area contributed by atoms with Gasteiger partial charge in [0.25, 0.3) is 0 Å². The predicted octanol–water partition coefficient (Wildman–Crippen LogP) is 4.83. The van der Waals surface area contributed by atoms with Crippen LogP contribution in [0.5, 0.6) is 0 Å². The number of hydrogen-bond donors (Lipinski definition) is 0. The molecule has 3 rings (SSSR count). The molecule has 0 fully saturated rings. The van der Waals surface area contributed by atoms with E-state index in [2.05, 4.69) is 22.6 Å². The molecule has 0 aliphatic rings. The van der Waals surface area contributed by atoms with Crippen molar-refractivity contribution in [2.45, 2.75) is 13.3 Å². The summed E-state index contributed by atoms with van der Waals surface area (Å²) in [5.74, 6) is 0.799. The fourth-order valence-electron chi connectivity index (χ4n) is 2.37. The zero-order valence-electron chi connectivity index (χ0n) is 11.0.